The normalized spacial score (nSPS) is 28.0. The van der Waals surface area contributed by atoms with Crippen molar-refractivity contribution >= 4 is 38.9 Å². The Morgan fingerprint density at radius 1 is 1.47 bits per heavy atom. The van der Waals surface area contributed by atoms with Gasteiger partial charge in [0.2, 0.25) is 0 Å². The van der Waals surface area contributed by atoms with Crippen molar-refractivity contribution in [3.63, 3.8) is 0 Å². The van der Waals surface area contributed by atoms with Crippen LogP contribution in [0, 0.1) is 17.8 Å². The summed E-state index contributed by atoms with van der Waals surface area (Å²) in [7, 11) is 0. The van der Waals surface area contributed by atoms with E-state index in [4.69, 9.17) is 11.6 Å². The lowest BCUT2D eigenvalue weighted by Crippen LogP contribution is -2.42. The molecule has 0 spiro atoms. The summed E-state index contributed by atoms with van der Waals surface area (Å²) in [4.78, 5) is 1.32. The Bertz CT molecular complexity index is 399. The monoisotopic (exact) mass is 363 g/mol. The lowest BCUT2D eigenvalue weighted by Gasteiger charge is -2.38. The molecule has 1 heterocycles. The zero-order chi connectivity index (χ0) is 14.0. The molecule has 108 valence electrons. The molecule has 0 aliphatic heterocycles. The van der Waals surface area contributed by atoms with Crippen molar-refractivity contribution in [3.8, 4) is 0 Å². The third kappa shape index (κ3) is 4.20. The topological polar surface area (TPSA) is 12.0 Å². The Morgan fingerprint density at radius 2 is 2.21 bits per heavy atom. The van der Waals surface area contributed by atoms with Crippen molar-refractivity contribution in [2.24, 2.45) is 17.8 Å². The first kappa shape index (κ1) is 15.8. The molecular formula is C15H23BrClNS. The number of hydrogen-bond acceptors (Lipinski definition) is 2. The second-order valence-corrected chi connectivity index (χ2v) is 8.74. The number of hydrogen-bond donors (Lipinski definition) is 1. The minimum Gasteiger partial charge on any atom is -0.309 e. The molecule has 1 N–H and O–H groups in total. The lowest BCUT2D eigenvalue weighted by atomic mass is 9.74. The quantitative estimate of drug-likeness (QED) is 0.721. The van der Waals surface area contributed by atoms with Gasteiger partial charge in [0.25, 0.3) is 0 Å². The van der Waals surface area contributed by atoms with E-state index in [9.17, 15) is 0 Å². The van der Waals surface area contributed by atoms with Crippen LogP contribution in [0.2, 0.25) is 4.34 Å². The van der Waals surface area contributed by atoms with Gasteiger partial charge in [-0.1, -0.05) is 38.8 Å². The van der Waals surface area contributed by atoms with Gasteiger partial charge < -0.3 is 5.32 Å². The molecule has 0 bridgehead atoms. The van der Waals surface area contributed by atoms with Crippen molar-refractivity contribution in [2.75, 3.05) is 0 Å². The van der Waals surface area contributed by atoms with Gasteiger partial charge in [-0.15, -0.1) is 11.3 Å². The van der Waals surface area contributed by atoms with E-state index in [1.165, 1.54) is 24.1 Å². The second-order valence-electron chi connectivity index (χ2n) is 6.15. The number of thiophene rings is 1. The third-order valence-electron chi connectivity index (χ3n) is 4.26. The summed E-state index contributed by atoms with van der Waals surface area (Å²) in [6.07, 6.45) is 4.06. The van der Waals surface area contributed by atoms with Crippen LogP contribution < -0.4 is 5.32 Å². The molecule has 1 fully saturated rings. The van der Waals surface area contributed by atoms with Gasteiger partial charge >= 0.3 is 0 Å². The van der Waals surface area contributed by atoms with Crippen LogP contribution in [-0.2, 0) is 6.54 Å². The van der Waals surface area contributed by atoms with Gasteiger partial charge in [-0.25, -0.2) is 0 Å². The molecule has 1 aliphatic rings. The Balaban J connectivity index is 1.95. The highest BCUT2D eigenvalue weighted by molar-refractivity contribution is 9.10. The van der Waals surface area contributed by atoms with E-state index in [1.54, 1.807) is 11.3 Å². The van der Waals surface area contributed by atoms with E-state index < -0.39 is 0 Å². The van der Waals surface area contributed by atoms with E-state index in [0.29, 0.717) is 6.04 Å². The molecule has 1 saturated carbocycles. The SMILES string of the molecule is CC1CCC(C(C)C)C(NCc2cc(Br)c(Cl)s2)C1. The molecule has 3 unspecified atom stereocenters. The molecule has 1 aliphatic carbocycles. The highest BCUT2D eigenvalue weighted by Crippen LogP contribution is 2.35. The summed E-state index contributed by atoms with van der Waals surface area (Å²) in [5.74, 6) is 2.44. The maximum atomic E-state index is 6.10. The first-order valence-electron chi connectivity index (χ1n) is 7.14. The minimum atomic E-state index is 0.656. The molecule has 4 heteroatoms. The van der Waals surface area contributed by atoms with Gasteiger partial charge in [0.1, 0.15) is 4.34 Å². The zero-order valence-electron chi connectivity index (χ0n) is 11.9. The maximum Gasteiger partial charge on any atom is 0.107 e. The number of halogens is 2. The standard InChI is InChI=1S/C15H23BrClNS/c1-9(2)12-5-4-10(3)6-14(12)18-8-11-7-13(16)15(17)19-11/h7,9-10,12,14,18H,4-6,8H2,1-3H3. The molecule has 1 aromatic heterocycles. The summed E-state index contributed by atoms with van der Waals surface area (Å²) in [6, 6.07) is 2.79. The van der Waals surface area contributed by atoms with Crippen LogP contribution in [0.5, 0.6) is 0 Å². The third-order valence-corrected chi connectivity index (χ3v) is 6.73. The summed E-state index contributed by atoms with van der Waals surface area (Å²) in [6.45, 7) is 8.03. The van der Waals surface area contributed by atoms with E-state index in [2.05, 4.69) is 48.1 Å². The van der Waals surface area contributed by atoms with Crippen molar-refractivity contribution in [1.82, 2.24) is 5.32 Å². The van der Waals surface area contributed by atoms with Crippen molar-refractivity contribution < 1.29 is 0 Å². The van der Waals surface area contributed by atoms with Gasteiger partial charge in [-0.05, 0) is 52.6 Å². The van der Waals surface area contributed by atoms with Gasteiger partial charge in [0.05, 0.1) is 0 Å². The average molecular weight is 365 g/mol. The van der Waals surface area contributed by atoms with Gasteiger partial charge in [-0.2, -0.15) is 0 Å². The van der Waals surface area contributed by atoms with Gasteiger partial charge in [-0.3, -0.25) is 0 Å². The molecule has 0 amide bonds. The lowest BCUT2D eigenvalue weighted by molar-refractivity contribution is 0.169. The smallest absolute Gasteiger partial charge is 0.107 e. The molecule has 1 aromatic rings. The first-order valence-corrected chi connectivity index (χ1v) is 9.13. The van der Waals surface area contributed by atoms with Gasteiger partial charge in [0, 0.05) is 21.9 Å². The molecule has 0 saturated heterocycles. The fourth-order valence-corrected chi connectivity index (χ4v) is 4.89. The predicted molar refractivity (Wildman–Crippen MR) is 89.0 cm³/mol. The molecule has 2 rings (SSSR count). The summed E-state index contributed by atoms with van der Waals surface area (Å²) < 4.78 is 1.88. The number of nitrogens with one attached hydrogen (secondary N) is 1. The molecule has 19 heavy (non-hydrogen) atoms. The fraction of sp³-hybridized carbons (Fsp3) is 0.733. The van der Waals surface area contributed by atoms with E-state index in [-0.39, 0.29) is 0 Å². The maximum absolute atomic E-state index is 6.10. The largest absolute Gasteiger partial charge is 0.309 e. The van der Waals surface area contributed by atoms with Crippen molar-refractivity contribution in [3.05, 3.63) is 19.8 Å². The van der Waals surface area contributed by atoms with Crippen LogP contribution in [-0.4, -0.2) is 6.04 Å². The van der Waals surface area contributed by atoms with Crippen LogP contribution in [0.25, 0.3) is 0 Å². The number of rotatable bonds is 4. The Kier molecular flexibility index (Phi) is 5.77. The molecule has 0 aromatic carbocycles. The Labute approximate surface area is 134 Å². The average Bonchev–Trinajstić information content (AvgIpc) is 2.66. The summed E-state index contributed by atoms with van der Waals surface area (Å²) >= 11 is 11.2. The van der Waals surface area contributed by atoms with Crippen LogP contribution in [0.3, 0.4) is 0 Å². The predicted octanol–water partition coefficient (Wildman–Crippen LogP) is 5.71. The van der Waals surface area contributed by atoms with Crippen LogP contribution in [0.15, 0.2) is 10.5 Å². The molecule has 0 radical (unpaired) electrons. The van der Waals surface area contributed by atoms with Crippen LogP contribution >= 0.6 is 38.9 Å². The van der Waals surface area contributed by atoms with Crippen molar-refractivity contribution in [1.29, 1.82) is 0 Å². The van der Waals surface area contributed by atoms with Crippen molar-refractivity contribution in [2.45, 2.75) is 52.6 Å². The Hall–Kier alpha value is 0.430. The van der Waals surface area contributed by atoms with Crippen LogP contribution in [0.4, 0.5) is 0 Å². The van der Waals surface area contributed by atoms with E-state index in [0.717, 1.165) is 33.1 Å². The highest BCUT2D eigenvalue weighted by Gasteiger charge is 2.30. The first-order chi connectivity index (χ1) is 8.97. The zero-order valence-corrected chi connectivity index (χ0v) is 15.0. The molecule has 1 nitrogen and oxygen atoms in total. The molecular weight excluding hydrogens is 342 g/mol. The highest BCUT2D eigenvalue weighted by atomic mass is 79.9. The van der Waals surface area contributed by atoms with E-state index in [1.807, 2.05) is 0 Å². The van der Waals surface area contributed by atoms with Crippen LogP contribution in [0.1, 0.15) is 44.9 Å². The van der Waals surface area contributed by atoms with Gasteiger partial charge in [0.15, 0.2) is 0 Å². The summed E-state index contributed by atoms with van der Waals surface area (Å²) in [5.41, 5.74) is 0. The Morgan fingerprint density at radius 3 is 2.79 bits per heavy atom. The fourth-order valence-electron chi connectivity index (χ4n) is 3.15. The van der Waals surface area contributed by atoms with E-state index >= 15 is 0 Å². The molecule has 3 atom stereocenters. The second kappa shape index (κ2) is 6.93. The summed E-state index contributed by atoms with van der Waals surface area (Å²) in [5, 5.41) is 3.77. The minimum absolute atomic E-state index is 0.656.